The van der Waals surface area contributed by atoms with Crippen LogP contribution in [0.1, 0.15) is 35.3 Å². The number of carbonyl (C=O) groups is 1. The van der Waals surface area contributed by atoms with E-state index in [1.54, 1.807) is 0 Å². The molecule has 1 heterocycles. The second-order valence-electron chi connectivity index (χ2n) is 5.88. The molecule has 0 aromatic heterocycles. The summed E-state index contributed by atoms with van der Waals surface area (Å²) in [5.74, 6) is -0.0414. The third-order valence-corrected chi connectivity index (χ3v) is 3.54. The topological polar surface area (TPSA) is 61.4 Å². The Morgan fingerprint density at radius 2 is 2.26 bits per heavy atom. The Morgan fingerprint density at radius 3 is 3.00 bits per heavy atom. The van der Waals surface area contributed by atoms with Gasteiger partial charge in [0, 0.05) is 30.7 Å². The lowest BCUT2D eigenvalue weighted by Gasteiger charge is -2.23. The second-order valence-corrected chi connectivity index (χ2v) is 5.88. The Morgan fingerprint density at radius 1 is 1.47 bits per heavy atom. The van der Waals surface area contributed by atoms with E-state index in [0.29, 0.717) is 6.54 Å². The van der Waals surface area contributed by atoms with Gasteiger partial charge in [0.1, 0.15) is 0 Å². The Bertz CT molecular complexity index is 469. The van der Waals surface area contributed by atoms with E-state index in [0.717, 1.165) is 30.6 Å². The third-order valence-electron chi connectivity index (χ3n) is 3.54. The summed E-state index contributed by atoms with van der Waals surface area (Å²) >= 11 is 0. The summed E-state index contributed by atoms with van der Waals surface area (Å²) in [7, 11) is 0. The molecule has 1 amide bonds. The fraction of sp³-hybridized carbons (Fsp3) is 0.533. The zero-order valence-corrected chi connectivity index (χ0v) is 11.6. The number of benzene rings is 1. The summed E-state index contributed by atoms with van der Waals surface area (Å²) in [4.78, 5) is 12.3. The lowest BCUT2D eigenvalue weighted by atomic mass is 9.93. The van der Waals surface area contributed by atoms with Crippen molar-refractivity contribution in [2.24, 2.45) is 5.41 Å². The molecule has 2 rings (SSSR count). The highest BCUT2D eigenvalue weighted by Gasteiger charge is 2.20. The average Bonchev–Trinajstić information content (AvgIpc) is 2.44. The predicted molar refractivity (Wildman–Crippen MR) is 75.1 cm³/mol. The molecular weight excluding hydrogens is 240 g/mol. The van der Waals surface area contributed by atoms with E-state index in [9.17, 15) is 9.90 Å². The van der Waals surface area contributed by atoms with Gasteiger partial charge in [0.25, 0.3) is 5.91 Å². The van der Waals surface area contributed by atoms with Gasteiger partial charge in [-0.3, -0.25) is 4.79 Å². The maximum Gasteiger partial charge on any atom is 0.251 e. The Balaban J connectivity index is 2.11. The first-order valence-corrected chi connectivity index (χ1v) is 6.74. The number of hydrogen-bond acceptors (Lipinski definition) is 3. The van der Waals surface area contributed by atoms with E-state index in [4.69, 9.17) is 0 Å². The monoisotopic (exact) mass is 262 g/mol. The van der Waals surface area contributed by atoms with Crippen LogP contribution in [0.4, 0.5) is 0 Å². The number of rotatable bonds is 4. The van der Waals surface area contributed by atoms with Gasteiger partial charge < -0.3 is 15.7 Å². The van der Waals surface area contributed by atoms with Crippen molar-refractivity contribution in [1.29, 1.82) is 0 Å². The minimum atomic E-state index is -0.286. The Kier molecular flexibility index (Phi) is 4.22. The molecule has 19 heavy (non-hydrogen) atoms. The third kappa shape index (κ3) is 3.33. The molecule has 1 aliphatic rings. The van der Waals surface area contributed by atoms with Crippen LogP contribution in [0.15, 0.2) is 18.2 Å². The van der Waals surface area contributed by atoms with E-state index >= 15 is 0 Å². The lowest BCUT2D eigenvalue weighted by Crippen LogP contribution is -2.37. The lowest BCUT2D eigenvalue weighted by molar-refractivity contribution is 0.0910. The first-order chi connectivity index (χ1) is 9.03. The van der Waals surface area contributed by atoms with E-state index in [1.807, 2.05) is 26.0 Å². The summed E-state index contributed by atoms with van der Waals surface area (Å²) in [5.41, 5.74) is 2.85. The fourth-order valence-electron chi connectivity index (χ4n) is 2.22. The number of carbonyl (C=O) groups excluding carboxylic acids is 1. The van der Waals surface area contributed by atoms with Crippen LogP contribution in [0.2, 0.25) is 0 Å². The van der Waals surface area contributed by atoms with Gasteiger partial charge in [0.2, 0.25) is 0 Å². The number of hydrogen-bond donors (Lipinski definition) is 3. The largest absolute Gasteiger partial charge is 0.396 e. The number of fused-ring (bicyclic) bond motifs is 1. The Labute approximate surface area is 114 Å². The first-order valence-electron chi connectivity index (χ1n) is 6.74. The summed E-state index contributed by atoms with van der Waals surface area (Å²) in [6.07, 6.45) is 0.891. The van der Waals surface area contributed by atoms with Crippen LogP contribution >= 0.6 is 0 Å². The molecule has 4 nitrogen and oxygen atoms in total. The van der Waals surface area contributed by atoms with Crippen molar-refractivity contribution in [1.82, 2.24) is 10.6 Å². The van der Waals surface area contributed by atoms with Crippen molar-refractivity contribution in [3.05, 3.63) is 34.9 Å². The van der Waals surface area contributed by atoms with Crippen LogP contribution in [-0.2, 0) is 13.0 Å². The molecule has 0 fully saturated rings. The van der Waals surface area contributed by atoms with Crippen LogP contribution < -0.4 is 10.6 Å². The summed E-state index contributed by atoms with van der Waals surface area (Å²) in [5, 5.41) is 15.4. The van der Waals surface area contributed by atoms with Gasteiger partial charge in [-0.15, -0.1) is 0 Å². The highest BCUT2D eigenvalue weighted by Crippen LogP contribution is 2.19. The molecule has 0 spiro atoms. The van der Waals surface area contributed by atoms with Crippen LogP contribution in [0, 0.1) is 5.41 Å². The standard InChI is InChI=1S/C15H22N2O2/c1-15(2,10-18)9-17-14(19)13-5-3-4-11-8-16-7-6-12(11)13/h3-5,16,18H,6-10H2,1-2H3,(H,17,19). The number of aliphatic hydroxyl groups excluding tert-OH is 1. The molecule has 0 saturated carbocycles. The molecule has 0 bridgehead atoms. The van der Waals surface area contributed by atoms with E-state index < -0.39 is 0 Å². The van der Waals surface area contributed by atoms with Gasteiger partial charge in [0.15, 0.2) is 0 Å². The van der Waals surface area contributed by atoms with Gasteiger partial charge in [-0.2, -0.15) is 0 Å². The van der Waals surface area contributed by atoms with Gasteiger partial charge in [-0.05, 0) is 30.2 Å². The molecule has 4 heteroatoms. The average molecular weight is 262 g/mol. The predicted octanol–water partition coefficient (Wildman–Crippen LogP) is 1.08. The molecule has 0 radical (unpaired) electrons. The van der Waals surface area contributed by atoms with E-state index in [1.165, 1.54) is 5.56 Å². The summed E-state index contributed by atoms with van der Waals surface area (Å²) in [6, 6.07) is 5.87. The van der Waals surface area contributed by atoms with Crippen molar-refractivity contribution in [2.45, 2.75) is 26.8 Å². The smallest absolute Gasteiger partial charge is 0.251 e. The van der Waals surface area contributed by atoms with E-state index in [-0.39, 0.29) is 17.9 Å². The van der Waals surface area contributed by atoms with Crippen LogP contribution in [0.3, 0.4) is 0 Å². The van der Waals surface area contributed by atoms with Crippen molar-refractivity contribution in [2.75, 3.05) is 19.7 Å². The highest BCUT2D eigenvalue weighted by atomic mass is 16.3. The van der Waals surface area contributed by atoms with Gasteiger partial charge in [0.05, 0.1) is 0 Å². The number of amides is 1. The minimum Gasteiger partial charge on any atom is -0.396 e. The van der Waals surface area contributed by atoms with Crippen LogP contribution in [0.5, 0.6) is 0 Å². The molecule has 1 aliphatic heterocycles. The molecule has 0 saturated heterocycles. The molecule has 1 aromatic carbocycles. The van der Waals surface area contributed by atoms with Gasteiger partial charge >= 0.3 is 0 Å². The van der Waals surface area contributed by atoms with Crippen molar-refractivity contribution in [3.63, 3.8) is 0 Å². The van der Waals surface area contributed by atoms with Gasteiger partial charge in [-0.1, -0.05) is 26.0 Å². The van der Waals surface area contributed by atoms with Crippen LogP contribution in [0.25, 0.3) is 0 Å². The SMILES string of the molecule is CC(C)(CO)CNC(=O)c1cccc2c1CCNC2. The normalized spacial score (nSPS) is 14.9. The molecule has 0 unspecified atom stereocenters. The molecule has 104 valence electrons. The zero-order chi connectivity index (χ0) is 13.9. The van der Waals surface area contributed by atoms with Crippen molar-refractivity contribution < 1.29 is 9.90 Å². The molecule has 1 aromatic rings. The summed E-state index contributed by atoms with van der Waals surface area (Å²) < 4.78 is 0. The van der Waals surface area contributed by atoms with Crippen molar-refractivity contribution >= 4 is 5.91 Å². The minimum absolute atomic E-state index is 0.0414. The molecule has 3 N–H and O–H groups in total. The number of aliphatic hydroxyl groups is 1. The zero-order valence-electron chi connectivity index (χ0n) is 11.6. The summed E-state index contributed by atoms with van der Waals surface area (Å²) in [6.45, 7) is 6.14. The maximum atomic E-state index is 12.3. The number of nitrogens with one attached hydrogen (secondary N) is 2. The van der Waals surface area contributed by atoms with Gasteiger partial charge in [-0.25, -0.2) is 0 Å². The fourth-order valence-corrected chi connectivity index (χ4v) is 2.22. The van der Waals surface area contributed by atoms with Crippen LogP contribution in [-0.4, -0.2) is 30.7 Å². The maximum absolute atomic E-state index is 12.3. The molecule has 0 aliphatic carbocycles. The quantitative estimate of drug-likeness (QED) is 0.761. The molecule has 0 atom stereocenters. The Hall–Kier alpha value is -1.39. The van der Waals surface area contributed by atoms with E-state index in [2.05, 4.69) is 16.7 Å². The molecular formula is C15H22N2O2. The first kappa shape index (κ1) is 14.0. The highest BCUT2D eigenvalue weighted by molar-refractivity contribution is 5.96. The van der Waals surface area contributed by atoms with Crippen molar-refractivity contribution in [3.8, 4) is 0 Å². The second kappa shape index (κ2) is 5.72.